The van der Waals surface area contributed by atoms with E-state index in [-0.39, 0.29) is 37.2 Å². The van der Waals surface area contributed by atoms with Gasteiger partial charge in [0.2, 0.25) is 5.91 Å². The fraction of sp³-hybridized carbons (Fsp3) is 0.533. The van der Waals surface area contributed by atoms with E-state index in [9.17, 15) is 13.6 Å². The average Bonchev–Trinajstić information content (AvgIpc) is 2.49. The van der Waals surface area contributed by atoms with Crippen LogP contribution in [0.15, 0.2) is 18.2 Å². The molecule has 1 aromatic carbocycles. The van der Waals surface area contributed by atoms with Crippen LogP contribution in [0, 0.1) is 5.41 Å². The van der Waals surface area contributed by atoms with E-state index < -0.39 is 12.0 Å². The minimum Gasteiger partial charge on any atom is -0.434 e. The number of carbonyl (C=O) groups is 1. The molecular formula is C15H22Cl2F2N2O2. The number of alkyl halides is 2. The summed E-state index contributed by atoms with van der Waals surface area (Å²) in [5.74, 6) is -0.214. The monoisotopic (exact) mass is 370 g/mol. The maximum absolute atomic E-state index is 12.4. The number of hydrogen-bond donors (Lipinski definition) is 2. The summed E-state index contributed by atoms with van der Waals surface area (Å²) in [7, 11) is 0. The number of nitrogens with one attached hydrogen (secondary N) is 1. The molecule has 0 bridgehead atoms. The maximum Gasteiger partial charge on any atom is 0.387 e. The zero-order valence-corrected chi connectivity index (χ0v) is 14.6. The van der Waals surface area contributed by atoms with E-state index in [0.29, 0.717) is 23.4 Å². The van der Waals surface area contributed by atoms with E-state index in [4.69, 9.17) is 17.3 Å². The molecule has 0 aliphatic heterocycles. The molecular weight excluding hydrogens is 349 g/mol. The van der Waals surface area contributed by atoms with Crippen LogP contribution in [0.2, 0.25) is 5.02 Å². The van der Waals surface area contributed by atoms with Crippen molar-refractivity contribution in [2.24, 2.45) is 11.1 Å². The second kappa shape index (κ2) is 9.90. The van der Waals surface area contributed by atoms with Crippen molar-refractivity contribution in [3.05, 3.63) is 28.8 Å². The van der Waals surface area contributed by atoms with Gasteiger partial charge in [0.1, 0.15) is 5.75 Å². The van der Waals surface area contributed by atoms with Gasteiger partial charge in [-0.1, -0.05) is 25.4 Å². The van der Waals surface area contributed by atoms with Crippen LogP contribution in [0.25, 0.3) is 0 Å². The minimum atomic E-state index is -2.94. The van der Waals surface area contributed by atoms with E-state index in [1.54, 1.807) is 0 Å². The summed E-state index contributed by atoms with van der Waals surface area (Å²) in [6.07, 6.45) is 1.20. The number of ether oxygens (including phenoxy) is 1. The van der Waals surface area contributed by atoms with Crippen LogP contribution in [0.3, 0.4) is 0 Å². The molecule has 0 heterocycles. The molecule has 1 aromatic rings. The summed E-state index contributed by atoms with van der Waals surface area (Å²) in [6, 6.07) is 4.29. The number of rotatable bonds is 8. The molecule has 4 nitrogen and oxygen atoms in total. The molecule has 3 N–H and O–H groups in total. The quantitative estimate of drug-likeness (QED) is 0.732. The number of benzene rings is 1. The highest BCUT2D eigenvalue weighted by Crippen LogP contribution is 2.27. The lowest BCUT2D eigenvalue weighted by atomic mass is 9.81. The smallest absolute Gasteiger partial charge is 0.387 e. The van der Waals surface area contributed by atoms with E-state index in [1.807, 2.05) is 13.8 Å². The molecule has 1 rings (SSSR count). The first-order valence-electron chi connectivity index (χ1n) is 7.10. The van der Waals surface area contributed by atoms with Crippen molar-refractivity contribution in [3.8, 4) is 5.75 Å². The Kier molecular flexibility index (Phi) is 9.42. The molecule has 1 amide bonds. The van der Waals surface area contributed by atoms with Crippen molar-refractivity contribution in [1.82, 2.24) is 5.32 Å². The second-order valence-electron chi connectivity index (χ2n) is 5.00. The van der Waals surface area contributed by atoms with Gasteiger partial charge < -0.3 is 15.8 Å². The number of hydrogen-bond acceptors (Lipinski definition) is 3. The lowest BCUT2D eigenvalue weighted by Crippen LogP contribution is -2.45. The second-order valence-corrected chi connectivity index (χ2v) is 5.44. The predicted molar refractivity (Wildman–Crippen MR) is 89.2 cm³/mol. The fourth-order valence-corrected chi connectivity index (χ4v) is 2.41. The van der Waals surface area contributed by atoms with Gasteiger partial charge in [0.15, 0.2) is 0 Å². The molecule has 23 heavy (non-hydrogen) atoms. The van der Waals surface area contributed by atoms with Crippen LogP contribution >= 0.6 is 24.0 Å². The van der Waals surface area contributed by atoms with Gasteiger partial charge in [-0.25, -0.2) is 0 Å². The third-order valence-electron chi connectivity index (χ3n) is 3.90. The van der Waals surface area contributed by atoms with Gasteiger partial charge in [-0.3, -0.25) is 4.79 Å². The Labute approximate surface area is 146 Å². The molecule has 0 aromatic heterocycles. The summed E-state index contributed by atoms with van der Waals surface area (Å²) in [5, 5.41) is 3.11. The van der Waals surface area contributed by atoms with Crippen molar-refractivity contribution in [3.63, 3.8) is 0 Å². The summed E-state index contributed by atoms with van der Waals surface area (Å²) in [5.41, 5.74) is 5.45. The first kappa shape index (κ1) is 21.9. The van der Waals surface area contributed by atoms with Gasteiger partial charge in [-0.2, -0.15) is 8.78 Å². The Morgan fingerprint density at radius 3 is 2.48 bits per heavy atom. The molecule has 8 heteroatoms. The van der Waals surface area contributed by atoms with E-state index >= 15 is 0 Å². The standard InChI is InChI=1S/C15H21ClF2N2O2.ClH/c1-3-15(4-2,9-19)13(21)20-8-10-7-11(16)5-6-12(10)22-14(17)18;/h5-7,14H,3-4,8-9,19H2,1-2H3,(H,20,21);1H. The number of amides is 1. The van der Waals surface area contributed by atoms with Crippen molar-refractivity contribution < 1.29 is 18.3 Å². The van der Waals surface area contributed by atoms with E-state index in [2.05, 4.69) is 10.1 Å². The summed E-state index contributed by atoms with van der Waals surface area (Å²) in [4.78, 5) is 12.3. The van der Waals surface area contributed by atoms with Crippen LogP contribution in [0.1, 0.15) is 32.3 Å². The minimum absolute atomic E-state index is 0. The third kappa shape index (κ3) is 5.79. The summed E-state index contributed by atoms with van der Waals surface area (Å²) in [6.45, 7) is 1.11. The molecule has 0 saturated heterocycles. The normalized spacial score (nSPS) is 11.1. The maximum atomic E-state index is 12.4. The average molecular weight is 371 g/mol. The van der Waals surface area contributed by atoms with Crippen LogP contribution in [-0.2, 0) is 11.3 Å². The molecule has 0 saturated carbocycles. The molecule has 0 aliphatic carbocycles. The Hall–Kier alpha value is -1.11. The Balaban J connectivity index is 0.00000484. The van der Waals surface area contributed by atoms with Crippen LogP contribution in [0.5, 0.6) is 5.75 Å². The van der Waals surface area contributed by atoms with Gasteiger partial charge in [0.25, 0.3) is 0 Å². The Morgan fingerprint density at radius 1 is 1.39 bits per heavy atom. The number of carbonyl (C=O) groups excluding carboxylic acids is 1. The summed E-state index contributed by atoms with van der Waals surface area (Å²) >= 11 is 5.86. The zero-order chi connectivity index (χ0) is 16.8. The molecule has 0 fully saturated rings. The number of nitrogens with two attached hydrogens (primary N) is 1. The SMILES string of the molecule is CCC(CC)(CN)C(=O)NCc1cc(Cl)ccc1OC(F)F.Cl. The highest BCUT2D eigenvalue weighted by Gasteiger charge is 2.33. The predicted octanol–water partition coefficient (Wildman–Crippen LogP) is 3.74. The topological polar surface area (TPSA) is 64.4 Å². The van der Waals surface area contributed by atoms with E-state index in [1.165, 1.54) is 18.2 Å². The van der Waals surface area contributed by atoms with Gasteiger partial charge in [0, 0.05) is 23.7 Å². The molecule has 132 valence electrons. The Morgan fingerprint density at radius 2 is 2.00 bits per heavy atom. The van der Waals surface area contributed by atoms with Gasteiger partial charge in [-0.05, 0) is 31.0 Å². The van der Waals surface area contributed by atoms with Gasteiger partial charge >= 0.3 is 6.61 Å². The molecule has 0 aliphatic rings. The zero-order valence-electron chi connectivity index (χ0n) is 13.1. The van der Waals surface area contributed by atoms with E-state index in [0.717, 1.165) is 0 Å². The van der Waals surface area contributed by atoms with Crippen LogP contribution in [0.4, 0.5) is 8.78 Å². The molecule has 0 radical (unpaired) electrons. The fourth-order valence-electron chi connectivity index (χ4n) is 2.21. The van der Waals surface area contributed by atoms with Crippen molar-refractivity contribution >= 4 is 29.9 Å². The lowest BCUT2D eigenvalue weighted by molar-refractivity contribution is -0.131. The Bertz CT molecular complexity index is 504. The lowest BCUT2D eigenvalue weighted by Gasteiger charge is -2.28. The van der Waals surface area contributed by atoms with Gasteiger partial charge in [-0.15, -0.1) is 12.4 Å². The van der Waals surface area contributed by atoms with Crippen molar-refractivity contribution in [1.29, 1.82) is 0 Å². The van der Waals surface area contributed by atoms with Crippen molar-refractivity contribution in [2.45, 2.75) is 39.8 Å². The molecule has 0 atom stereocenters. The van der Waals surface area contributed by atoms with Crippen LogP contribution in [-0.4, -0.2) is 19.1 Å². The summed E-state index contributed by atoms with van der Waals surface area (Å²) < 4.78 is 29.2. The molecule has 0 spiro atoms. The first-order chi connectivity index (χ1) is 10.4. The largest absolute Gasteiger partial charge is 0.434 e. The molecule has 0 unspecified atom stereocenters. The first-order valence-corrected chi connectivity index (χ1v) is 7.48. The number of halogens is 4. The van der Waals surface area contributed by atoms with Crippen LogP contribution < -0.4 is 15.8 Å². The van der Waals surface area contributed by atoms with Gasteiger partial charge in [0.05, 0.1) is 5.41 Å². The highest BCUT2D eigenvalue weighted by atomic mass is 35.5. The third-order valence-corrected chi connectivity index (χ3v) is 4.14. The van der Waals surface area contributed by atoms with Crippen molar-refractivity contribution in [2.75, 3.05) is 6.54 Å². The highest BCUT2D eigenvalue weighted by molar-refractivity contribution is 6.30.